The maximum atomic E-state index is 14.4. The molecule has 1 amide bonds. The van der Waals surface area contributed by atoms with Gasteiger partial charge in [-0.2, -0.15) is 4.31 Å². The summed E-state index contributed by atoms with van der Waals surface area (Å²) in [6.07, 6.45) is 4.03. The van der Waals surface area contributed by atoms with Gasteiger partial charge >= 0.3 is 0 Å². The van der Waals surface area contributed by atoms with Gasteiger partial charge in [-0.25, -0.2) is 17.2 Å². The molecule has 2 aliphatic heterocycles. The number of carbonyl (C=O) groups excluding carboxylic acids is 1. The van der Waals surface area contributed by atoms with Gasteiger partial charge in [-0.3, -0.25) is 4.79 Å². The first-order valence-electron chi connectivity index (χ1n) is 11.8. The molecule has 0 radical (unpaired) electrons. The average Bonchev–Trinajstić information content (AvgIpc) is 2.84. The molecule has 4 rings (SSSR count). The van der Waals surface area contributed by atoms with E-state index in [2.05, 4.69) is 0 Å². The zero-order valence-corrected chi connectivity index (χ0v) is 21.0. The van der Waals surface area contributed by atoms with E-state index in [4.69, 9.17) is 16.3 Å². The van der Waals surface area contributed by atoms with E-state index in [0.717, 1.165) is 41.8 Å². The molecule has 0 bridgehead atoms. The quantitative estimate of drug-likeness (QED) is 0.516. The SMILES string of the molecule is O=C(C[C@]1(COc2ccc(Cl)cc2)CCCN(S(=O)(=O)c2c(F)cccc2F)C1)N1CCCCC1. The van der Waals surface area contributed by atoms with E-state index in [1.54, 1.807) is 24.3 Å². The van der Waals surface area contributed by atoms with Crippen molar-refractivity contribution in [2.45, 2.75) is 43.4 Å². The number of hydrogen-bond acceptors (Lipinski definition) is 4. The van der Waals surface area contributed by atoms with Crippen molar-refractivity contribution in [2.75, 3.05) is 32.8 Å². The Morgan fingerprint density at radius 3 is 2.29 bits per heavy atom. The Morgan fingerprint density at radius 1 is 0.971 bits per heavy atom. The predicted molar refractivity (Wildman–Crippen MR) is 129 cm³/mol. The third-order valence-corrected chi connectivity index (χ3v) is 8.89. The number of benzene rings is 2. The lowest BCUT2D eigenvalue weighted by atomic mass is 9.78. The molecule has 1 atom stereocenters. The van der Waals surface area contributed by atoms with Crippen LogP contribution in [0.2, 0.25) is 5.02 Å². The number of ether oxygens (including phenoxy) is 1. The lowest BCUT2D eigenvalue weighted by Crippen LogP contribution is -2.51. The summed E-state index contributed by atoms with van der Waals surface area (Å²) >= 11 is 5.96. The molecule has 2 fully saturated rings. The van der Waals surface area contributed by atoms with Gasteiger partial charge in [-0.1, -0.05) is 17.7 Å². The third-order valence-electron chi connectivity index (χ3n) is 6.74. The zero-order valence-electron chi connectivity index (χ0n) is 19.4. The zero-order chi connectivity index (χ0) is 25.1. The predicted octanol–water partition coefficient (Wildman–Crippen LogP) is 4.87. The maximum Gasteiger partial charge on any atom is 0.248 e. The highest BCUT2D eigenvalue weighted by molar-refractivity contribution is 7.89. The fraction of sp³-hybridized carbons (Fsp3) is 0.480. The molecule has 0 N–H and O–H groups in total. The summed E-state index contributed by atoms with van der Waals surface area (Å²) in [7, 11) is -4.46. The Balaban J connectivity index is 1.61. The molecule has 2 saturated heterocycles. The fourth-order valence-corrected chi connectivity index (χ4v) is 6.71. The largest absolute Gasteiger partial charge is 0.493 e. The van der Waals surface area contributed by atoms with Gasteiger partial charge in [0.1, 0.15) is 17.4 Å². The number of sulfonamides is 1. The summed E-state index contributed by atoms with van der Waals surface area (Å²) in [5.74, 6) is -1.79. The summed E-state index contributed by atoms with van der Waals surface area (Å²) in [5, 5.41) is 0.550. The lowest BCUT2D eigenvalue weighted by Gasteiger charge is -2.42. The highest BCUT2D eigenvalue weighted by Gasteiger charge is 2.44. The van der Waals surface area contributed by atoms with Gasteiger partial charge < -0.3 is 9.64 Å². The number of amides is 1. The van der Waals surface area contributed by atoms with Crippen molar-refractivity contribution in [1.82, 2.24) is 9.21 Å². The molecule has 35 heavy (non-hydrogen) atoms. The van der Waals surface area contributed by atoms with Gasteiger partial charge in [0.25, 0.3) is 0 Å². The molecule has 2 aromatic rings. The van der Waals surface area contributed by atoms with Crippen LogP contribution in [-0.4, -0.2) is 56.3 Å². The van der Waals surface area contributed by atoms with Gasteiger partial charge in [-0.05, 0) is 68.5 Å². The van der Waals surface area contributed by atoms with Crippen molar-refractivity contribution < 1.29 is 26.7 Å². The number of piperidine rings is 2. The number of likely N-dealkylation sites (tertiary alicyclic amines) is 1. The smallest absolute Gasteiger partial charge is 0.248 e. The van der Waals surface area contributed by atoms with Gasteiger partial charge in [0, 0.05) is 43.0 Å². The van der Waals surface area contributed by atoms with E-state index in [0.29, 0.717) is 36.7 Å². The molecule has 10 heteroatoms. The van der Waals surface area contributed by atoms with Crippen LogP contribution in [0.4, 0.5) is 8.78 Å². The van der Waals surface area contributed by atoms with Crippen molar-refractivity contribution in [1.29, 1.82) is 0 Å². The standard InChI is InChI=1S/C25H29ClF2N2O4S/c26-19-8-10-20(11-9-19)34-18-25(16-23(31)29-13-2-1-3-14-29)12-5-15-30(17-25)35(32,33)24-21(27)6-4-7-22(24)28/h4,6-11H,1-3,5,12-18H2/t25-/m1/s1. The van der Waals surface area contributed by atoms with Crippen LogP contribution < -0.4 is 4.74 Å². The lowest BCUT2D eigenvalue weighted by molar-refractivity contribution is -0.136. The Hall–Kier alpha value is -2.23. The molecule has 0 aromatic heterocycles. The second-order valence-electron chi connectivity index (χ2n) is 9.35. The Bertz CT molecular complexity index is 1140. The second-order valence-corrected chi connectivity index (χ2v) is 11.7. The minimum Gasteiger partial charge on any atom is -0.493 e. The highest BCUT2D eigenvalue weighted by atomic mass is 35.5. The third kappa shape index (κ3) is 5.95. The maximum absolute atomic E-state index is 14.4. The van der Waals surface area contributed by atoms with Crippen LogP contribution in [0.25, 0.3) is 0 Å². The Morgan fingerprint density at radius 2 is 1.63 bits per heavy atom. The Labute approximate surface area is 209 Å². The summed E-state index contributed by atoms with van der Waals surface area (Å²) < 4.78 is 62.5. The highest BCUT2D eigenvalue weighted by Crippen LogP contribution is 2.38. The van der Waals surface area contributed by atoms with Gasteiger partial charge in [0.15, 0.2) is 4.90 Å². The number of hydrogen-bond donors (Lipinski definition) is 0. The molecule has 6 nitrogen and oxygen atoms in total. The minimum absolute atomic E-state index is 0.0549. The normalized spacial score (nSPS) is 21.6. The summed E-state index contributed by atoms with van der Waals surface area (Å²) in [5.41, 5.74) is -0.846. The van der Waals surface area contributed by atoms with Crippen LogP contribution in [0, 0.1) is 17.0 Å². The van der Waals surface area contributed by atoms with Crippen molar-refractivity contribution in [3.05, 3.63) is 59.1 Å². The van der Waals surface area contributed by atoms with Crippen LogP contribution in [-0.2, 0) is 14.8 Å². The van der Waals surface area contributed by atoms with Crippen LogP contribution >= 0.6 is 11.6 Å². The van der Waals surface area contributed by atoms with Crippen molar-refractivity contribution >= 4 is 27.5 Å². The van der Waals surface area contributed by atoms with E-state index < -0.39 is 32.0 Å². The van der Waals surface area contributed by atoms with E-state index >= 15 is 0 Å². The summed E-state index contributed by atoms with van der Waals surface area (Å²) in [6.45, 7) is 1.47. The minimum atomic E-state index is -4.46. The van der Waals surface area contributed by atoms with E-state index in [1.807, 2.05) is 4.90 Å². The molecule has 0 unspecified atom stereocenters. The van der Waals surface area contributed by atoms with Gasteiger partial charge in [0.2, 0.25) is 15.9 Å². The molecule has 0 aliphatic carbocycles. The van der Waals surface area contributed by atoms with Crippen LogP contribution in [0.1, 0.15) is 38.5 Å². The van der Waals surface area contributed by atoms with E-state index in [-0.39, 0.29) is 32.0 Å². The van der Waals surface area contributed by atoms with Gasteiger partial charge in [-0.15, -0.1) is 0 Å². The van der Waals surface area contributed by atoms with Crippen LogP contribution in [0.15, 0.2) is 47.4 Å². The van der Waals surface area contributed by atoms with Crippen LogP contribution in [0.3, 0.4) is 0 Å². The Kier molecular flexibility index (Phi) is 7.98. The molecule has 0 spiro atoms. The first kappa shape index (κ1) is 25.9. The monoisotopic (exact) mass is 526 g/mol. The molecule has 2 aliphatic rings. The molecule has 190 valence electrons. The summed E-state index contributed by atoms with van der Waals surface area (Å²) in [4.78, 5) is 14.1. The topological polar surface area (TPSA) is 66.9 Å². The molecular weight excluding hydrogens is 498 g/mol. The second kappa shape index (κ2) is 10.8. The van der Waals surface area contributed by atoms with Gasteiger partial charge in [0.05, 0.1) is 6.61 Å². The average molecular weight is 527 g/mol. The molecule has 0 saturated carbocycles. The van der Waals surface area contributed by atoms with E-state index in [1.165, 1.54) is 0 Å². The molecular formula is C25H29ClF2N2O4S. The molecule has 2 heterocycles. The number of rotatable bonds is 7. The number of halogens is 3. The fourth-order valence-electron chi connectivity index (χ4n) is 4.88. The van der Waals surface area contributed by atoms with Crippen molar-refractivity contribution in [3.8, 4) is 5.75 Å². The number of carbonyl (C=O) groups is 1. The van der Waals surface area contributed by atoms with Crippen molar-refractivity contribution in [3.63, 3.8) is 0 Å². The summed E-state index contributed by atoms with van der Waals surface area (Å²) in [6, 6.07) is 9.75. The van der Waals surface area contributed by atoms with Crippen LogP contribution in [0.5, 0.6) is 5.75 Å². The first-order valence-corrected chi connectivity index (χ1v) is 13.6. The van der Waals surface area contributed by atoms with Crippen molar-refractivity contribution in [2.24, 2.45) is 5.41 Å². The van der Waals surface area contributed by atoms with E-state index in [9.17, 15) is 22.0 Å². The molecule has 2 aromatic carbocycles. The first-order chi connectivity index (χ1) is 16.7. The number of nitrogens with zero attached hydrogens (tertiary/aromatic N) is 2.